The number of carbonyl (C=O) groups excluding carboxylic acids is 1. The van der Waals surface area contributed by atoms with Gasteiger partial charge >= 0.3 is 0 Å². The van der Waals surface area contributed by atoms with Crippen LogP contribution in [0.15, 0.2) is 42.5 Å². The summed E-state index contributed by atoms with van der Waals surface area (Å²) in [6.07, 6.45) is 2.89. The summed E-state index contributed by atoms with van der Waals surface area (Å²) in [5.74, 6) is -0.275. The van der Waals surface area contributed by atoms with Gasteiger partial charge < -0.3 is 5.32 Å². The number of rotatable bonds is 5. The third kappa shape index (κ3) is 4.41. The van der Waals surface area contributed by atoms with Crippen molar-refractivity contribution >= 4 is 40.6 Å². The number of thiophene rings is 1. The van der Waals surface area contributed by atoms with Gasteiger partial charge in [0.2, 0.25) is 5.91 Å². The number of amides is 1. The highest BCUT2D eigenvalue weighted by Crippen LogP contribution is 2.26. The van der Waals surface area contributed by atoms with E-state index in [0.29, 0.717) is 9.90 Å². The normalized spacial score (nSPS) is 12.3. The highest BCUT2D eigenvalue weighted by Gasteiger charge is 2.10. The number of hydrogen-bond donors (Lipinski definition) is 1. The van der Waals surface area contributed by atoms with Crippen molar-refractivity contribution in [3.8, 4) is 0 Å². The lowest BCUT2D eigenvalue weighted by molar-refractivity contribution is -0.384. The highest BCUT2D eigenvalue weighted by atomic mass is 35.5. The van der Waals surface area contributed by atoms with Crippen LogP contribution >= 0.6 is 22.9 Å². The number of nitrogens with zero attached hydrogens (tertiary/aromatic N) is 1. The molecule has 7 heteroatoms. The van der Waals surface area contributed by atoms with E-state index < -0.39 is 4.92 Å². The van der Waals surface area contributed by atoms with Crippen molar-refractivity contribution in [3.05, 3.63) is 67.4 Å². The van der Waals surface area contributed by atoms with E-state index in [1.807, 2.05) is 13.0 Å². The molecule has 1 atom stereocenters. The molecule has 1 amide bonds. The maximum atomic E-state index is 11.9. The predicted molar refractivity (Wildman–Crippen MR) is 88.0 cm³/mol. The minimum atomic E-state index is -0.472. The summed E-state index contributed by atoms with van der Waals surface area (Å²) in [6, 6.07) is 9.57. The smallest absolute Gasteiger partial charge is 0.270 e. The van der Waals surface area contributed by atoms with E-state index in [-0.39, 0.29) is 17.6 Å². The van der Waals surface area contributed by atoms with E-state index in [2.05, 4.69) is 5.32 Å². The number of hydrogen-bond acceptors (Lipinski definition) is 4. The van der Waals surface area contributed by atoms with Crippen LogP contribution in [-0.4, -0.2) is 10.8 Å². The van der Waals surface area contributed by atoms with E-state index in [1.165, 1.54) is 35.6 Å². The number of non-ortho nitro benzene ring substituents is 1. The van der Waals surface area contributed by atoms with Gasteiger partial charge in [-0.3, -0.25) is 14.9 Å². The molecule has 0 aliphatic heterocycles. The predicted octanol–water partition coefficient (Wildman–Crippen LogP) is 4.20. The average Bonchev–Trinajstić information content (AvgIpc) is 2.92. The van der Waals surface area contributed by atoms with Crippen molar-refractivity contribution in [2.75, 3.05) is 0 Å². The number of nitro groups is 1. The minimum Gasteiger partial charge on any atom is -0.345 e. The molecule has 0 radical (unpaired) electrons. The standard InChI is InChI=1S/C15H13ClN2O3S/c1-10(13-6-7-14(16)22-13)17-15(19)8-5-11-3-2-4-12(9-11)18(20)21/h2-10H,1H3,(H,17,19). The fourth-order valence-electron chi connectivity index (χ4n) is 1.81. The van der Waals surface area contributed by atoms with Crippen LogP contribution in [0, 0.1) is 10.1 Å². The van der Waals surface area contributed by atoms with Crippen LogP contribution in [0.4, 0.5) is 5.69 Å². The summed E-state index contributed by atoms with van der Waals surface area (Å²) in [5.41, 5.74) is 0.584. The summed E-state index contributed by atoms with van der Waals surface area (Å²) in [4.78, 5) is 23.0. The Kier molecular flexibility index (Phi) is 5.30. The molecule has 22 heavy (non-hydrogen) atoms. The van der Waals surface area contributed by atoms with Crippen molar-refractivity contribution in [2.45, 2.75) is 13.0 Å². The lowest BCUT2D eigenvalue weighted by Gasteiger charge is -2.09. The maximum Gasteiger partial charge on any atom is 0.270 e. The van der Waals surface area contributed by atoms with Crippen LogP contribution in [0.25, 0.3) is 6.08 Å². The molecule has 0 aliphatic rings. The first-order chi connectivity index (χ1) is 10.5. The fourth-order valence-corrected chi connectivity index (χ4v) is 2.87. The van der Waals surface area contributed by atoms with E-state index in [0.717, 1.165) is 4.88 Å². The van der Waals surface area contributed by atoms with Crippen molar-refractivity contribution in [3.63, 3.8) is 0 Å². The Morgan fingerprint density at radius 3 is 2.82 bits per heavy atom. The Labute approximate surface area is 136 Å². The Morgan fingerprint density at radius 1 is 1.41 bits per heavy atom. The molecular formula is C15H13ClN2O3S. The second kappa shape index (κ2) is 7.20. The summed E-state index contributed by atoms with van der Waals surface area (Å²) >= 11 is 7.27. The van der Waals surface area contributed by atoms with Crippen LogP contribution in [0.5, 0.6) is 0 Å². The first-order valence-corrected chi connectivity index (χ1v) is 7.63. The van der Waals surface area contributed by atoms with Crippen molar-refractivity contribution < 1.29 is 9.72 Å². The average molecular weight is 337 g/mol. The summed E-state index contributed by atoms with van der Waals surface area (Å²) in [5, 5.41) is 13.5. The van der Waals surface area contributed by atoms with Gasteiger partial charge in [0.05, 0.1) is 15.3 Å². The molecule has 0 bridgehead atoms. The monoisotopic (exact) mass is 336 g/mol. The van der Waals surface area contributed by atoms with Crippen LogP contribution < -0.4 is 5.32 Å². The summed E-state index contributed by atoms with van der Waals surface area (Å²) in [6.45, 7) is 1.86. The number of benzene rings is 1. The van der Waals surface area contributed by atoms with Gasteiger partial charge in [-0.2, -0.15) is 0 Å². The van der Waals surface area contributed by atoms with E-state index in [1.54, 1.807) is 18.2 Å². The lowest BCUT2D eigenvalue weighted by atomic mass is 10.2. The summed E-state index contributed by atoms with van der Waals surface area (Å²) < 4.78 is 0.670. The fraction of sp³-hybridized carbons (Fsp3) is 0.133. The number of halogens is 1. The zero-order chi connectivity index (χ0) is 16.1. The highest BCUT2D eigenvalue weighted by molar-refractivity contribution is 7.16. The molecule has 5 nitrogen and oxygen atoms in total. The van der Waals surface area contributed by atoms with Crippen LogP contribution in [0.3, 0.4) is 0 Å². The molecule has 1 heterocycles. The van der Waals surface area contributed by atoms with Crippen molar-refractivity contribution in [1.82, 2.24) is 5.32 Å². The molecular weight excluding hydrogens is 324 g/mol. The Hall–Kier alpha value is -2.18. The molecule has 1 unspecified atom stereocenters. The topological polar surface area (TPSA) is 72.2 Å². The first kappa shape index (κ1) is 16.2. The molecule has 2 aromatic rings. The molecule has 114 valence electrons. The van der Waals surface area contributed by atoms with E-state index >= 15 is 0 Å². The third-order valence-electron chi connectivity index (χ3n) is 2.89. The van der Waals surface area contributed by atoms with E-state index in [4.69, 9.17) is 11.6 Å². The molecule has 1 aromatic heterocycles. The Bertz CT molecular complexity index is 727. The third-order valence-corrected chi connectivity index (χ3v) is 4.30. The molecule has 1 N–H and O–H groups in total. The molecule has 0 aliphatic carbocycles. The molecule has 2 rings (SSSR count). The second-order valence-electron chi connectivity index (χ2n) is 4.56. The van der Waals surface area contributed by atoms with Gasteiger partial charge in [-0.05, 0) is 30.7 Å². The van der Waals surface area contributed by atoms with Gasteiger partial charge in [-0.1, -0.05) is 23.7 Å². The van der Waals surface area contributed by atoms with Gasteiger partial charge in [0.1, 0.15) is 0 Å². The van der Waals surface area contributed by atoms with Gasteiger partial charge in [0.15, 0.2) is 0 Å². The van der Waals surface area contributed by atoms with Gasteiger partial charge in [-0.15, -0.1) is 11.3 Å². The number of carbonyl (C=O) groups is 1. The molecule has 0 spiro atoms. The van der Waals surface area contributed by atoms with Gasteiger partial charge in [0.25, 0.3) is 5.69 Å². The lowest BCUT2D eigenvalue weighted by Crippen LogP contribution is -2.23. The Balaban J connectivity index is 1.99. The number of nitro benzene ring substituents is 1. The maximum absolute atomic E-state index is 11.9. The SMILES string of the molecule is CC(NC(=O)C=Cc1cccc([N+](=O)[O-])c1)c1ccc(Cl)s1. The van der Waals surface area contributed by atoms with Crippen LogP contribution in [0.1, 0.15) is 23.4 Å². The quantitative estimate of drug-likeness (QED) is 0.505. The zero-order valence-corrected chi connectivity index (χ0v) is 13.2. The molecule has 1 aromatic carbocycles. The summed E-state index contributed by atoms with van der Waals surface area (Å²) in [7, 11) is 0. The van der Waals surface area contributed by atoms with Crippen LogP contribution in [0.2, 0.25) is 4.34 Å². The molecule has 0 fully saturated rings. The largest absolute Gasteiger partial charge is 0.345 e. The van der Waals surface area contributed by atoms with Crippen molar-refractivity contribution in [1.29, 1.82) is 0 Å². The molecule has 0 saturated heterocycles. The zero-order valence-electron chi connectivity index (χ0n) is 11.7. The number of nitrogens with one attached hydrogen (secondary N) is 1. The van der Waals surface area contributed by atoms with Crippen LogP contribution in [-0.2, 0) is 4.79 Å². The van der Waals surface area contributed by atoms with Crippen molar-refractivity contribution in [2.24, 2.45) is 0 Å². The first-order valence-electron chi connectivity index (χ1n) is 6.44. The molecule has 0 saturated carbocycles. The Morgan fingerprint density at radius 2 is 2.18 bits per heavy atom. The van der Waals surface area contributed by atoms with Gasteiger partial charge in [-0.25, -0.2) is 0 Å². The van der Waals surface area contributed by atoms with E-state index in [9.17, 15) is 14.9 Å². The van der Waals surface area contributed by atoms with Gasteiger partial charge in [0, 0.05) is 23.1 Å². The minimum absolute atomic E-state index is 0.0100. The second-order valence-corrected chi connectivity index (χ2v) is 6.30.